The molecule has 0 heterocycles. The summed E-state index contributed by atoms with van der Waals surface area (Å²) in [5.41, 5.74) is 3.15. The van der Waals surface area contributed by atoms with Gasteiger partial charge in [0.15, 0.2) is 0 Å². The normalized spacial score (nSPS) is 12.5. The van der Waals surface area contributed by atoms with Crippen molar-refractivity contribution in [1.82, 2.24) is 0 Å². The van der Waals surface area contributed by atoms with Crippen LogP contribution in [0.25, 0.3) is 10.8 Å². The van der Waals surface area contributed by atoms with E-state index in [0.717, 1.165) is 23.6 Å². The zero-order chi connectivity index (χ0) is 23.9. The van der Waals surface area contributed by atoms with E-state index in [2.05, 4.69) is 16.1 Å². The third-order valence-electron chi connectivity index (χ3n) is 6.00. The van der Waals surface area contributed by atoms with Crippen molar-refractivity contribution in [3.63, 3.8) is 0 Å². The maximum absolute atomic E-state index is 13.2. The third-order valence-corrected chi connectivity index (χ3v) is 7.36. The van der Waals surface area contributed by atoms with Crippen LogP contribution >= 0.6 is 0 Å². The average Bonchev–Trinajstić information content (AvgIpc) is 3.25. The number of para-hydroxylation sites is 2. The Morgan fingerprint density at radius 2 is 1.68 bits per heavy atom. The van der Waals surface area contributed by atoms with Crippen molar-refractivity contribution in [3.05, 3.63) is 89.5 Å². The van der Waals surface area contributed by atoms with E-state index in [9.17, 15) is 18.3 Å². The van der Waals surface area contributed by atoms with Gasteiger partial charge >= 0.3 is 0 Å². The number of rotatable bonds is 6. The number of benzene rings is 4. The smallest absolute Gasteiger partial charge is 0.262 e. The number of hydrogen-bond acceptors (Lipinski definition) is 5. The number of methoxy groups -OCH3 is 1. The molecule has 4 aromatic rings. The molecule has 0 spiro atoms. The fourth-order valence-corrected chi connectivity index (χ4v) is 5.45. The number of carbonyl (C=O) groups excluding carboxylic acids is 1. The average molecular weight is 475 g/mol. The molecule has 7 nitrogen and oxygen atoms in total. The van der Waals surface area contributed by atoms with Crippen molar-refractivity contribution in [2.24, 2.45) is 0 Å². The van der Waals surface area contributed by atoms with Crippen molar-refractivity contribution >= 4 is 38.1 Å². The van der Waals surface area contributed by atoms with Gasteiger partial charge in [-0.2, -0.15) is 0 Å². The summed E-state index contributed by atoms with van der Waals surface area (Å²) in [7, 11) is -2.57. The van der Waals surface area contributed by atoms with Crippen LogP contribution in [0.4, 0.5) is 11.4 Å². The second-order valence-electron chi connectivity index (χ2n) is 8.05. The molecule has 0 bridgehead atoms. The second-order valence-corrected chi connectivity index (χ2v) is 9.73. The second kappa shape index (κ2) is 8.39. The predicted molar refractivity (Wildman–Crippen MR) is 131 cm³/mol. The van der Waals surface area contributed by atoms with E-state index in [4.69, 9.17) is 4.74 Å². The minimum absolute atomic E-state index is 0.00356. The third kappa shape index (κ3) is 3.82. The molecule has 0 saturated heterocycles. The fourth-order valence-electron chi connectivity index (χ4n) is 4.35. The lowest BCUT2D eigenvalue weighted by atomic mass is 9.99. The Kier molecular flexibility index (Phi) is 5.37. The summed E-state index contributed by atoms with van der Waals surface area (Å²) < 4.78 is 33.7. The number of phenols is 1. The molecule has 1 aliphatic carbocycles. The van der Waals surface area contributed by atoms with Gasteiger partial charge in [0.1, 0.15) is 11.5 Å². The van der Waals surface area contributed by atoms with Crippen LogP contribution in [0.2, 0.25) is 0 Å². The zero-order valence-electron chi connectivity index (χ0n) is 18.3. The summed E-state index contributed by atoms with van der Waals surface area (Å²) >= 11 is 0. The van der Waals surface area contributed by atoms with E-state index in [1.807, 2.05) is 18.2 Å². The molecule has 172 valence electrons. The minimum atomic E-state index is -4.02. The van der Waals surface area contributed by atoms with Gasteiger partial charge < -0.3 is 15.2 Å². The number of aryl methyl sites for hydroxylation is 2. The number of phenolic OH excluding ortho intramolecular Hbond substituents is 1. The van der Waals surface area contributed by atoms with E-state index in [-0.39, 0.29) is 22.0 Å². The van der Waals surface area contributed by atoms with Gasteiger partial charge in [0, 0.05) is 5.56 Å². The summed E-state index contributed by atoms with van der Waals surface area (Å²) in [4.78, 5) is 13.0. The van der Waals surface area contributed by atoms with E-state index in [1.54, 1.807) is 30.3 Å². The lowest BCUT2D eigenvalue weighted by Gasteiger charge is -2.14. The van der Waals surface area contributed by atoms with Gasteiger partial charge in [-0.1, -0.05) is 36.4 Å². The summed E-state index contributed by atoms with van der Waals surface area (Å²) in [5.74, 6) is -0.306. The van der Waals surface area contributed by atoms with Gasteiger partial charge in [-0.05, 0) is 71.1 Å². The molecule has 0 saturated carbocycles. The Morgan fingerprint density at radius 1 is 0.912 bits per heavy atom. The van der Waals surface area contributed by atoms with E-state index >= 15 is 0 Å². The van der Waals surface area contributed by atoms with Crippen LogP contribution in [-0.4, -0.2) is 26.5 Å². The Labute approximate surface area is 197 Å². The van der Waals surface area contributed by atoms with Crippen molar-refractivity contribution in [3.8, 4) is 11.5 Å². The van der Waals surface area contributed by atoms with Crippen LogP contribution in [0.3, 0.4) is 0 Å². The highest BCUT2D eigenvalue weighted by Gasteiger charge is 2.21. The molecular formula is C26H22N2O5S. The number of anilines is 2. The van der Waals surface area contributed by atoms with Crippen LogP contribution in [0.15, 0.2) is 77.7 Å². The van der Waals surface area contributed by atoms with Crippen molar-refractivity contribution in [1.29, 1.82) is 0 Å². The first-order valence-electron chi connectivity index (χ1n) is 10.7. The highest BCUT2D eigenvalue weighted by Crippen LogP contribution is 2.34. The molecule has 0 aromatic heterocycles. The van der Waals surface area contributed by atoms with Gasteiger partial charge in [-0.15, -0.1) is 0 Å². The molecule has 4 aromatic carbocycles. The molecule has 0 unspecified atom stereocenters. The summed E-state index contributed by atoms with van der Waals surface area (Å²) in [6.45, 7) is 0. The SMILES string of the molecule is COc1ccccc1NS(=O)(=O)c1ccc(O)c(NC(=O)c2ccc3c4c(cccc24)CC3)c1. The van der Waals surface area contributed by atoms with Crippen molar-refractivity contribution < 1.29 is 23.1 Å². The Bertz CT molecular complexity index is 1540. The number of hydrogen-bond donors (Lipinski definition) is 3. The van der Waals surface area contributed by atoms with E-state index < -0.39 is 15.9 Å². The van der Waals surface area contributed by atoms with Crippen LogP contribution in [-0.2, 0) is 22.9 Å². The summed E-state index contributed by atoms with van der Waals surface area (Å²) in [6, 6.07) is 20.0. The standard InChI is InChI=1S/C26H22N2O5S/c1-33-24-8-3-2-7-21(24)28-34(31,32)18-12-14-23(29)22(15-18)27-26(30)20-13-11-17-10-9-16-5-4-6-19(20)25(16)17/h2-8,11-15,28-29H,9-10H2,1H3,(H,27,30). The number of nitrogens with one attached hydrogen (secondary N) is 2. The predicted octanol–water partition coefficient (Wildman–Crippen LogP) is 4.71. The lowest BCUT2D eigenvalue weighted by molar-refractivity contribution is 0.102. The summed E-state index contributed by atoms with van der Waals surface area (Å²) in [5, 5.41) is 14.9. The zero-order valence-corrected chi connectivity index (χ0v) is 19.1. The molecule has 3 N–H and O–H groups in total. The monoisotopic (exact) mass is 474 g/mol. The Balaban J connectivity index is 1.46. The highest BCUT2D eigenvalue weighted by atomic mass is 32.2. The molecule has 34 heavy (non-hydrogen) atoms. The maximum Gasteiger partial charge on any atom is 0.262 e. The highest BCUT2D eigenvalue weighted by molar-refractivity contribution is 7.92. The molecule has 8 heteroatoms. The molecule has 0 aliphatic heterocycles. The van der Waals surface area contributed by atoms with E-state index in [1.165, 1.54) is 36.4 Å². The van der Waals surface area contributed by atoms with Crippen molar-refractivity contribution in [2.45, 2.75) is 17.7 Å². The first-order chi connectivity index (χ1) is 16.4. The summed E-state index contributed by atoms with van der Waals surface area (Å²) in [6.07, 6.45) is 1.88. The number of sulfonamides is 1. The Morgan fingerprint density at radius 3 is 2.47 bits per heavy atom. The van der Waals surface area contributed by atoms with E-state index in [0.29, 0.717) is 11.3 Å². The minimum Gasteiger partial charge on any atom is -0.506 e. The molecule has 0 radical (unpaired) electrons. The number of ether oxygens (including phenoxy) is 1. The molecule has 5 rings (SSSR count). The number of carbonyl (C=O) groups is 1. The molecule has 0 atom stereocenters. The van der Waals surface area contributed by atoms with Crippen LogP contribution in [0.5, 0.6) is 11.5 Å². The maximum atomic E-state index is 13.2. The number of amides is 1. The van der Waals surface area contributed by atoms with Gasteiger partial charge in [0.25, 0.3) is 15.9 Å². The molecule has 1 amide bonds. The van der Waals surface area contributed by atoms with Gasteiger partial charge in [-0.3, -0.25) is 9.52 Å². The van der Waals surface area contributed by atoms with Gasteiger partial charge in [-0.25, -0.2) is 8.42 Å². The largest absolute Gasteiger partial charge is 0.506 e. The fraction of sp³-hybridized carbons (Fsp3) is 0.115. The first-order valence-corrected chi connectivity index (χ1v) is 12.2. The van der Waals surface area contributed by atoms with Crippen LogP contribution in [0, 0.1) is 0 Å². The Hall–Kier alpha value is -4.04. The molecule has 0 fully saturated rings. The molecular weight excluding hydrogens is 452 g/mol. The molecule has 1 aliphatic rings. The van der Waals surface area contributed by atoms with Crippen LogP contribution in [0.1, 0.15) is 21.5 Å². The van der Waals surface area contributed by atoms with Crippen LogP contribution < -0.4 is 14.8 Å². The number of aromatic hydroxyl groups is 1. The van der Waals surface area contributed by atoms with Crippen molar-refractivity contribution in [2.75, 3.05) is 17.1 Å². The topological polar surface area (TPSA) is 105 Å². The first kappa shape index (κ1) is 21.8. The van der Waals surface area contributed by atoms with Gasteiger partial charge in [0.2, 0.25) is 0 Å². The quantitative estimate of drug-likeness (QED) is 0.351. The lowest BCUT2D eigenvalue weighted by Crippen LogP contribution is -2.16. The van der Waals surface area contributed by atoms with Gasteiger partial charge in [0.05, 0.1) is 23.4 Å².